The number of halogens is 1. The fraction of sp³-hybridized carbons (Fsp3) is 0.273. The first-order valence-corrected chi connectivity index (χ1v) is 5.62. The van der Waals surface area contributed by atoms with Gasteiger partial charge in [0.25, 0.3) is 0 Å². The minimum absolute atomic E-state index is 0.0418. The van der Waals surface area contributed by atoms with Crippen LogP contribution in [-0.4, -0.2) is 24.1 Å². The normalized spacial score (nSPS) is 9.80. The van der Waals surface area contributed by atoms with Gasteiger partial charge in [0.2, 0.25) is 5.91 Å². The molecule has 0 aliphatic carbocycles. The molecule has 0 radical (unpaired) electrons. The van der Waals surface area contributed by atoms with Crippen molar-refractivity contribution in [2.45, 2.75) is 6.92 Å². The number of alkyl halides is 1. The summed E-state index contributed by atoms with van der Waals surface area (Å²) in [5, 5.41) is 0.246. The van der Waals surface area contributed by atoms with Crippen molar-refractivity contribution in [3.05, 3.63) is 29.8 Å². The number of anilines is 1. The summed E-state index contributed by atoms with van der Waals surface area (Å²) in [6, 6.07) is 7.07. The van der Waals surface area contributed by atoms with Gasteiger partial charge >= 0.3 is 0 Å². The molecule has 1 aromatic carbocycles. The van der Waals surface area contributed by atoms with Crippen molar-refractivity contribution >= 4 is 33.3 Å². The van der Waals surface area contributed by atoms with Crippen molar-refractivity contribution in [2.24, 2.45) is 0 Å². The minimum atomic E-state index is -0.0799. The molecular formula is C11H12BrNO2. The van der Waals surface area contributed by atoms with Crippen molar-refractivity contribution in [1.29, 1.82) is 0 Å². The van der Waals surface area contributed by atoms with E-state index in [4.69, 9.17) is 0 Å². The molecular weight excluding hydrogens is 258 g/mol. The Morgan fingerprint density at radius 1 is 1.33 bits per heavy atom. The molecule has 0 saturated carbocycles. The molecule has 0 aliphatic rings. The first kappa shape index (κ1) is 11.9. The maximum atomic E-state index is 11.5. The number of nitrogens with zero attached hydrogens (tertiary/aromatic N) is 1. The van der Waals surface area contributed by atoms with Crippen LogP contribution in [0.1, 0.15) is 17.3 Å². The number of amides is 1. The maximum absolute atomic E-state index is 11.5. The number of benzene rings is 1. The summed E-state index contributed by atoms with van der Waals surface area (Å²) >= 11 is 3.10. The van der Waals surface area contributed by atoms with Crippen LogP contribution in [0.25, 0.3) is 0 Å². The second-order valence-electron chi connectivity index (χ2n) is 3.16. The lowest BCUT2D eigenvalue weighted by molar-refractivity contribution is -0.115. The van der Waals surface area contributed by atoms with E-state index in [1.54, 1.807) is 31.3 Å². The molecule has 0 N–H and O–H groups in total. The molecule has 0 bridgehead atoms. The van der Waals surface area contributed by atoms with Crippen molar-refractivity contribution in [2.75, 3.05) is 17.3 Å². The Labute approximate surface area is 97.2 Å². The van der Waals surface area contributed by atoms with E-state index in [1.165, 1.54) is 11.8 Å². The predicted molar refractivity (Wildman–Crippen MR) is 63.7 cm³/mol. The molecule has 0 saturated heterocycles. The standard InChI is InChI=1S/C11H12BrNO2/c1-8(14)9-5-3-4-6-10(9)13(2)11(15)7-12/h3-6H,7H2,1-2H3. The number of Topliss-reactive ketones (excluding diaryl/α,β-unsaturated/α-hetero) is 1. The Morgan fingerprint density at radius 2 is 1.93 bits per heavy atom. The number of hydrogen-bond donors (Lipinski definition) is 0. The third-order valence-electron chi connectivity index (χ3n) is 2.13. The van der Waals surface area contributed by atoms with Crippen molar-refractivity contribution in [3.63, 3.8) is 0 Å². The van der Waals surface area contributed by atoms with E-state index in [2.05, 4.69) is 15.9 Å². The fourth-order valence-electron chi connectivity index (χ4n) is 1.29. The topological polar surface area (TPSA) is 37.4 Å². The Morgan fingerprint density at radius 3 is 2.47 bits per heavy atom. The van der Waals surface area contributed by atoms with Gasteiger partial charge in [0.15, 0.2) is 5.78 Å². The number of hydrogen-bond acceptors (Lipinski definition) is 2. The van der Waals surface area contributed by atoms with Crippen LogP contribution >= 0.6 is 15.9 Å². The molecule has 80 valence electrons. The molecule has 1 amide bonds. The lowest BCUT2D eigenvalue weighted by Gasteiger charge is -2.18. The summed E-state index contributed by atoms with van der Waals surface area (Å²) in [5.74, 6) is -0.122. The monoisotopic (exact) mass is 269 g/mol. The van der Waals surface area contributed by atoms with Gasteiger partial charge in [-0.1, -0.05) is 28.1 Å². The van der Waals surface area contributed by atoms with Crippen LogP contribution < -0.4 is 4.90 Å². The highest BCUT2D eigenvalue weighted by Gasteiger charge is 2.14. The van der Waals surface area contributed by atoms with Gasteiger partial charge in [0, 0.05) is 12.6 Å². The summed E-state index contributed by atoms with van der Waals surface area (Å²) in [5.41, 5.74) is 1.21. The highest BCUT2D eigenvalue weighted by atomic mass is 79.9. The quantitative estimate of drug-likeness (QED) is 0.624. The molecule has 0 atom stereocenters. The Hall–Kier alpha value is -1.16. The van der Waals surface area contributed by atoms with E-state index in [0.29, 0.717) is 11.3 Å². The van der Waals surface area contributed by atoms with Crippen LogP contribution in [0.5, 0.6) is 0 Å². The van der Waals surface area contributed by atoms with Gasteiger partial charge < -0.3 is 4.90 Å². The largest absolute Gasteiger partial charge is 0.314 e. The summed E-state index contributed by atoms with van der Waals surface area (Å²) in [6.45, 7) is 1.49. The Balaban J connectivity index is 3.13. The molecule has 0 fully saturated rings. The van der Waals surface area contributed by atoms with E-state index in [1.807, 2.05) is 0 Å². The van der Waals surface area contributed by atoms with E-state index in [0.717, 1.165) is 0 Å². The van der Waals surface area contributed by atoms with E-state index in [9.17, 15) is 9.59 Å². The third-order valence-corrected chi connectivity index (χ3v) is 2.61. The van der Waals surface area contributed by atoms with Crippen LogP contribution in [0.4, 0.5) is 5.69 Å². The van der Waals surface area contributed by atoms with Gasteiger partial charge in [0.05, 0.1) is 11.0 Å². The molecule has 4 heteroatoms. The van der Waals surface area contributed by atoms with Crippen LogP contribution in [0, 0.1) is 0 Å². The van der Waals surface area contributed by atoms with Crippen LogP contribution in [-0.2, 0) is 4.79 Å². The van der Waals surface area contributed by atoms with Gasteiger partial charge in [-0.05, 0) is 19.1 Å². The van der Waals surface area contributed by atoms with E-state index >= 15 is 0 Å². The molecule has 1 aromatic rings. The highest BCUT2D eigenvalue weighted by molar-refractivity contribution is 9.09. The number of carbonyl (C=O) groups excluding carboxylic acids is 2. The summed E-state index contributed by atoms with van der Waals surface area (Å²) < 4.78 is 0. The first-order chi connectivity index (χ1) is 7.07. The number of para-hydroxylation sites is 1. The molecule has 0 heterocycles. The minimum Gasteiger partial charge on any atom is -0.314 e. The van der Waals surface area contributed by atoms with Gasteiger partial charge in [-0.2, -0.15) is 0 Å². The van der Waals surface area contributed by atoms with Crippen LogP contribution in [0.2, 0.25) is 0 Å². The number of carbonyl (C=O) groups is 2. The molecule has 0 spiro atoms. The second-order valence-corrected chi connectivity index (χ2v) is 3.72. The lowest BCUT2D eigenvalue weighted by Crippen LogP contribution is -2.28. The van der Waals surface area contributed by atoms with Crippen molar-refractivity contribution in [1.82, 2.24) is 0 Å². The van der Waals surface area contributed by atoms with Crippen LogP contribution in [0.15, 0.2) is 24.3 Å². The Bertz CT molecular complexity index is 390. The van der Waals surface area contributed by atoms with Crippen LogP contribution in [0.3, 0.4) is 0 Å². The smallest absolute Gasteiger partial charge is 0.237 e. The van der Waals surface area contributed by atoms with Gasteiger partial charge in [-0.15, -0.1) is 0 Å². The van der Waals surface area contributed by atoms with Crippen molar-refractivity contribution < 1.29 is 9.59 Å². The fourth-order valence-corrected chi connectivity index (χ4v) is 1.66. The molecule has 0 aliphatic heterocycles. The zero-order chi connectivity index (χ0) is 11.4. The maximum Gasteiger partial charge on any atom is 0.237 e. The molecule has 0 unspecified atom stereocenters. The number of rotatable bonds is 3. The van der Waals surface area contributed by atoms with Crippen molar-refractivity contribution in [3.8, 4) is 0 Å². The molecule has 0 aromatic heterocycles. The highest BCUT2D eigenvalue weighted by Crippen LogP contribution is 2.19. The zero-order valence-corrected chi connectivity index (χ0v) is 10.2. The second kappa shape index (κ2) is 5.07. The summed E-state index contributed by atoms with van der Waals surface area (Å²) in [4.78, 5) is 24.3. The third kappa shape index (κ3) is 2.65. The first-order valence-electron chi connectivity index (χ1n) is 4.50. The molecule has 3 nitrogen and oxygen atoms in total. The van der Waals surface area contributed by atoms with E-state index < -0.39 is 0 Å². The summed E-state index contributed by atoms with van der Waals surface area (Å²) in [7, 11) is 1.66. The van der Waals surface area contributed by atoms with Gasteiger partial charge in [-0.3, -0.25) is 9.59 Å². The lowest BCUT2D eigenvalue weighted by atomic mass is 10.1. The average Bonchev–Trinajstić information content (AvgIpc) is 2.27. The number of ketones is 1. The van der Waals surface area contributed by atoms with E-state index in [-0.39, 0.29) is 17.0 Å². The Kier molecular flexibility index (Phi) is 4.03. The molecule has 15 heavy (non-hydrogen) atoms. The SMILES string of the molecule is CC(=O)c1ccccc1N(C)C(=O)CBr. The van der Waals surface area contributed by atoms with Gasteiger partial charge in [-0.25, -0.2) is 0 Å². The predicted octanol–water partition coefficient (Wildman–Crippen LogP) is 2.25. The average molecular weight is 270 g/mol. The summed E-state index contributed by atoms with van der Waals surface area (Å²) in [6.07, 6.45) is 0. The van der Waals surface area contributed by atoms with Gasteiger partial charge in [0.1, 0.15) is 0 Å². The zero-order valence-electron chi connectivity index (χ0n) is 8.66. The molecule has 1 rings (SSSR count).